The minimum absolute atomic E-state index is 0.0517. The van der Waals surface area contributed by atoms with Crippen LogP contribution in [0.25, 0.3) is 0 Å². The number of amides is 2. The number of aryl methyl sites for hydroxylation is 1. The monoisotopic (exact) mass is 722 g/mol. The van der Waals surface area contributed by atoms with Crippen molar-refractivity contribution in [1.29, 1.82) is 0 Å². The lowest BCUT2D eigenvalue weighted by atomic mass is 9.63. The first-order valence-corrected chi connectivity index (χ1v) is 18.8. The van der Waals surface area contributed by atoms with E-state index in [-0.39, 0.29) is 41.1 Å². The Bertz CT molecular complexity index is 1820. The highest BCUT2D eigenvalue weighted by atomic mass is 32.2. The number of rotatable bonds is 18. The van der Waals surface area contributed by atoms with Crippen LogP contribution in [-0.4, -0.2) is 56.0 Å². The Morgan fingerprint density at radius 2 is 1.57 bits per heavy atom. The second-order valence-electron chi connectivity index (χ2n) is 13.0. The van der Waals surface area contributed by atoms with Crippen molar-refractivity contribution in [1.82, 2.24) is 14.9 Å². The van der Waals surface area contributed by atoms with Gasteiger partial charge in [-0.2, -0.15) is 0 Å². The van der Waals surface area contributed by atoms with Crippen molar-refractivity contribution >= 4 is 21.8 Å². The summed E-state index contributed by atoms with van der Waals surface area (Å²) in [5.74, 6) is -4.20. The molecule has 0 saturated heterocycles. The van der Waals surface area contributed by atoms with Gasteiger partial charge in [-0.05, 0) is 85.2 Å². The zero-order valence-electron chi connectivity index (χ0n) is 29.4. The molecule has 0 bridgehead atoms. The number of nitrogens with two attached hydrogens (primary N) is 1. The lowest BCUT2D eigenvalue weighted by Gasteiger charge is -2.42. The number of carbonyl (C=O) groups is 2. The van der Waals surface area contributed by atoms with Crippen molar-refractivity contribution < 1.29 is 31.9 Å². The summed E-state index contributed by atoms with van der Waals surface area (Å²) >= 11 is 0. The summed E-state index contributed by atoms with van der Waals surface area (Å²) in [5.41, 5.74) is 6.60. The maximum Gasteiger partial charge on any atom is 0.261 e. The van der Waals surface area contributed by atoms with Crippen LogP contribution in [0.15, 0.2) is 101 Å². The van der Waals surface area contributed by atoms with Crippen molar-refractivity contribution in [3.63, 3.8) is 0 Å². The van der Waals surface area contributed by atoms with E-state index in [1.54, 1.807) is 23.1 Å². The summed E-state index contributed by atoms with van der Waals surface area (Å²) in [5, 5.41) is 15.1. The number of hydrogen-bond acceptors (Lipinski definition) is 6. The van der Waals surface area contributed by atoms with Crippen molar-refractivity contribution in [2.75, 3.05) is 19.6 Å². The Morgan fingerprint density at radius 3 is 2.18 bits per heavy atom. The fourth-order valence-corrected chi connectivity index (χ4v) is 7.74. The number of nitrogens with one attached hydrogen (secondary N) is 2. The number of halogens is 2. The first-order valence-electron chi connectivity index (χ1n) is 17.3. The number of allylic oxidation sites excluding steroid dienone is 1. The lowest BCUT2D eigenvalue weighted by molar-refractivity contribution is -0.132. The van der Waals surface area contributed by atoms with E-state index >= 15 is 0 Å². The van der Waals surface area contributed by atoms with E-state index in [1.807, 2.05) is 45.0 Å². The molecule has 4 rings (SSSR count). The number of sulfonamides is 1. The standard InChI is InChI=1S/C39H48F2N4O5S/c1-4-15-45(16-5-2)37(47)30-21-33(44-51(49,50)34-13-8-7-9-14-34)24-39(23-30,38(42)48)35(20-29-18-31(40)22-32(41)19-29)36(46)26-43-25-28-12-10-11-27(6-3)17-28/h7-14,17-19,21-22,24,35-36,43-44,46H,4-6,15-16,20,23,25-26H2,1-3H3,(H2,42,48)/t35-,36+,39?/m1/s1. The lowest BCUT2D eigenvalue weighted by Crippen LogP contribution is -2.52. The molecule has 3 aromatic rings. The Balaban J connectivity index is 1.83. The molecule has 5 N–H and O–H groups in total. The molecule has 3 aromatic carbocycles. The second-order valence-corrected chi connectivity index (χ2v) is 14.7. The second kappa shape index (κ2) is 17.7. The van der Waals surface area contributed by atoms with Crippen molar-refractivity contribution in [3.05, 3.63) is 125 Å². The molecule has 1 aliphatic carbocycles. The summed E-state index contributed by atoms with van der Waals surface area (Å²) in [4.78, 5) is 29.5. The molecule has 3 atom stereocenters. The van der Waals surface area contributed by atoms with Gasteiger partial charge in [0.15, 0.2) is 0 Å². The van der Waals surface area contributed by atoms with Gasteiger partial charge >= 0.3 is 0 Å². The molecule has 0 fully saturated rings. The first kappa shape index (κ1) is 39.4. The molecule has 0 aliphatic heterocycles. The molecule has 1 unspecified atom stereocenters. The van der Waals surface area contributed by atoms with Crippen molar-refractivity contribution in [2.24, 2.45) is 17.1 Å². The highest BCUT2D eigenvalue weighted by Crippen LogP contribution is 2.44. The Kier molecular flexibility index (Phi) is 13.7. The van der Waals surface area contributed by atoms with Gasteiger partial charge in [0, 0.05) is 49.4 Å². The molecule has 9 nitrogen and oxygen atoms in total. The van der Waals surface area contributed by atoms with Gasteiger partial charge in [-0.3, -0.25) is 14.3 Å². The minimum Gasteiger partial charge on any atom is -0.391 e. The summed E-state index contributed by atoms with van der Waals surface area (Å²) in [6.07, 6.45) is 3.03. The highest BCUT2D eigenvalue weighted by molar-refractivity contribution is 7.89. The molecular formula is C39H48F2N4O5S. The van der Waals surface area contributed by atoms with Crippen LogP contribution in [0.4, 0.5) is 8.78 Å². The number of benzene rings is 3. The number of nitrogens with zero attached hydrogens (tertiary/aromatic N) is 1. The molecular weight excluding hydrogens is 675 g/mol. The van der Waals surface area contributed by atoms with Gasteiger partial charge in [-0.1, -0.05) is 63.2 Å². The molecule has 274 valence electrons. The molecule has 51 heavy (non-hydrogen) atoms. The third-order valence-corrected chi connectivity index (χ3v) is 10.5. The van der Waals surface area contributed by atoms with Crippen LogP contribution in [0, 0.1) is 23.0 Å². The summed E-state index contributed by atoms with van der Waals surface area (Å²) in [6, 6.07) is 18.5. The number of carbonyl (C=O) groups excluding carboxylic acids is 2. The smallest absolute Gasteiger partial charge is 0.261 e. The van der Waals surface area contributed by atoms with Gasteiger partial charge in [0.2, 0.25) is 11.8 Å². The third-order valence-electron chi connectivity index (χ3n) is 9.13. The largest absolute Gasteiger partial charge is 0.391 e. The van der Waals surface area contributed by atoms with Gasteiger partial charge in [0.05, 0.1) is 16.4 Å². The van der Waals surface area contributed by atoms with E-state index in [0.717, 1.165) is 35.7 Å². The van der Waals surface area contributed by atoms with Crippen LogP contribution < -0.4 is 15.8 Å². The normalized spacial score (nSPS) is 17.2. The minimum atomic E-state index is -4.21. The molecule has 0 heterocycles. The predicted molar refractivity (Wildman–Crippen MR) is 193 cm³/mol. The van der Waals surface area contributed by atoms with Gasteiger partial charge < -0.3 is 21.1 Å². The number of aliphatic hydroxyl groups excluding tert-OH is 1. The van der Waals surface area contributed by atoms with Gasteiger partial charge in [-0.25, -0.2) is 17.2 Å². The predicted octanol–water partition coefficient (Wildman–Crippen LogP) is 5.15. The maximum absolute atomic E-state index is 14.5. The topological polar surface area (TPSA) is 142 Å². The van der Waals surface area contributed by atoms with Crippen LogP contribution >= 0.6 is 0 Å². The number of hydrogen-bond donors (Lipinski definition) is 4. The SMILES string of the molecule is CCCN(CCC)C(=O)C1=CC(NS(=O)(=O)c2ccccc2)=CC(C(N)=O)([C@H](Cc2cc(F)cc(F)c2)[C@@H](O)CNCc2cccc(CC)c2)C1. The van der Waals surface area contributed by atoms with E-state index in [2.05, 4.69) is 10.0 Å². The van der Waals surface area contributed by atoms with Gasteiger partial charge in [0.1, 0.15) is 11.6 Å². The molecule has 12 heteroatoms. The average molecular weight is 723 g/mol. The van der Waals surface area contributed by atoms with E-state index in [1.165, 1.54) is 24.3 Å². The Hall–Kier alpha value is -4.39. The molecule has 1 aliphatic rings. The molecule has 0 spiro atoms. The number of primary amides is 1. The van der Waals surface area contributed by atoms with Gasteiger partial charge in [0.25, 0.3) is 10.0 Å². The maximum atomic E-state index is 14.5. The van der Waals surface area contributed by atoms with Crippen LogP contribution in [0.1, 0.15) is 56.7 Å². The summed E-state index contributed by atoms with van der Waals surface area (Å²) in [7, 11) is -4.21. The zero-order valence-corrected chi connectivity index (χ0v) is 30.2. The first-order chi connectivity index (χ1) is 24.3. The fraction of sp³-hybridized carbons (Fsp3) is 0.385. The highest BCUT2D eigenvalue weighted by Gasteiger charge is 2.49. The van der Waals surface area contributed by atoms with E-state index in [0.29, 0.717) is 32.5 Å². The van der Waals surface area contributed by atoms with Crippen LogP contribution in [0.3, 0.4) is 0 Å². The van der Waals surface area contributed by atoms with Gasteiger partial charge in [-0.15, -0.1) is 0 Å². The molecule has 0 aromatic heterocycles. The quantitative estimate of drug-likeness (QED) is 0.143. The number of aliphatic hydroxyl groups is 1. The van der Waals surface area contributed by atoms with Crippen molar-refractivity contribution in [2.45, 2.75) is 70.4 Å². The van der Waals surface area contributed by atoms with Crippen LogP contribution in [-0.2, 0) is 39.0 Å². The third kappa shape index (κ3) is 10.1. The Labute approximate surface area is 299 Å². The van der Waals surface area contributed by atoms with E-state index in [4.69, 9.17) is 5.73 Å². The van der Waals surface area contributed by atoms with Crippen LogP contribution in [0.5, 0.6) is 0 Å². The average Bonchev–Trinajstić information content (AvgIpc) is 3.09. The molecule has 0 radical (unpaired) electrons. The van der Waals surface area contributed by atoms with Crippen LogP contribution in [0.2, 0.25) is 0 Å². The molecule has 0 saturated carbocycles. The fourth-order valence-electron chi connectivity index (χ4n) is 6.68. The summed E-state index contributed by atoms with van der Waals surface area (Å²) < 4.78 is 58.6. The van der Waals surface area contributed by atoms with E-state index < -0.39 is 50.9 Å². The Morgan fingerprint density at radius 1 is 0.922 bits per heavy atom. The summed E-state index contributed by atoms with van der Waals surface area (Å²) in [6.45, 7) is 7.04. The molecule has 2 amide bonds. The van der Waals surface area contributed by atoms with E-state index in [9.17, 15) is 31.9 Å². The van der Waals surface area contributed by atoms with Crippen molar-refractivity contribution in [3.8, 4) is 0 Å². The zero-order chi connectivity index (χ0) is 37.2.